The van der Waals surface area contributed by atoms with Crippen LogP contribution in [0.4, 0.5) is 0 Å². The minimum Gasteiger partial charge on any atom is -0.459 e. The van der Waals surface area contributed by atoms with E-state index in [1.165, 1.54) is 18.4 Å². The molecule has 0 spiro atoms. The molecule has 8 heteroatoms. The highest BCUT2D eigenvalue weighted by Crippen LogP contribution is 2.14. The Balaban J connectivity index is 1.79. The van der Waals surface area contributed by atoms with Crippen molar-refractivity contribution >= 4 is 35.5 Å². The second kappa shape index (κ2) is 12.6. The minimum absolute atomic E-state index is 0.0424. The maximum atomic E-state index is 13.2. The van der Waals surface area contributed by atoms with Crippen molar-refractivity contribution in [3.8, 4) is 0 Å². The van der Waals surface area contributed by atoms with Crippen molar-refractivity contribution in [3.05, 3.63) is 101 Å². The lowest BCUT2D eigenvalue weighted by atomic mass is 10.0. The van der Waals surface area contributed by atoms with E-state index < -0.39 is 23.8 Å². The molecule has 0 saturated carbocycles. The first kappa shape index (κ1) is 25.8. The Kier molecular flexibility index (Phi) is 9.26. The number of carbonyl (C=O) groups excluding carboxylic acids is 3. The molecule has 35 heavy (non-hydrogen) atoms. The SMILES string of the molecule is CC(C)CC(NC(=O)/C(=C/c1ccc(Cl)cc1)NC(=O)c1ccco1)C(=O)OCc1ccccc1. The summed E-state index contributed by atoms with van der Waals surface area (Å²) in [5, 5.41) is 5.82. The molecule has 1 heterocycles. The number of furan rings is 1. The maximum Gasteiger partial charge on any atom is 0.328 e. The first-order valence-corrected chi connectivity index (χ1v) is 11.5. The van der Waals surface area contributed by atoms with E-state index in [0.717, 1.165) is 5.56 Å². The predicted molar refractivity (Wildman–Crippen MR) is 133 cm³/mol. The molecule has 0 radical (unpaired) electrons. The Morgan fingerprint density at radius 1 is 1.00 bits per heavy atom. The Labute approximate surface area is 209 Å². The van der Waals surface area contributed by atoms with E-state index in [2.05, 4.69) is 10.6 Å². The number of hydrogen-bond acceptors (Lipinski definition) is 5. The second-order valence-corrected chi connectivity index (χ2v) is 8.73. The topological polar surface area (TPSA) is 97.6 Å². The van der Waals surface area contributed by atoms with Gasteiger partial charge >= 0.3 is 5.97 Å². The van der Waals surface area contributed by atoms with Crippen LogP contribution in [-0.2, 0) is 20.9 Å². The van der Waals surface area contributed by atoms with Gasteiger partial charge in [-0.15, -0.1) is 0 Å². The molecule has 0 aliphatic heterocycles. The van der Waals surface area contributed by atoms with E-state index in [1.807, 2.05) is 44.2 Å². The van der Waals surface area contributed by atoms with Crippen molar-refractivity contribution < 1.29 is 23.5 Å². The molecule has 0 aliphatic carbocycles. The largest absolute Gasteiger partial charge is 0.459 e. The van der Waals surface area contributed by atoms with Crippen LogP contribution in [0.1, 0.15) is 41.9 Å². The highest BCUT2D eigenvalue weighted by atomic mass is 35.5. The first-order chi connectivity index (χ1) is 16.8. The van der Waals surface area contributed by atoms with Gasteiger partial charge in [-0.2, -0.15) is 0 Å². The average molecular weight is 495 g/mol. The van der Waals surface area contributed by atoms with Gasteiger partial charge in [0.15, 0.2) is 5.76 Å². The van der Waals surface area contributed by atoms with Gasteiger partial charge in [-0.25, -0.2) is 4.79 Å². The zero-order valence-electron chi connectivity index (χ0n) is 19.5. The van der Waals surface area contributed by atoms with E-state index in [1.54, 1.807) is 30.3 Å². The van der Waals surface area contributed by atoms with Gasteiger partial charge in [0, 0.05) is 5.02 Å². The summed E-state index contributed by atoms with van der Waals surface area (Å²) in [5.41, 5.74) is 1.41. The molecule has 1 unspecified atom stereocenters. The summed E-state index contributed by atoms with van der Waals surface area (Å²) in [6.07, 6.45) is 3.22. The zero-order valence-corrected chi connectivity index (χ0v) is 20.2. The summed E-state index contributed by atoms with van der Waals surface area (Å²) in [6, 6.07) is 18.2. The lowest BCUT2D eigenvalue weighted by Gasteiger charge is -2.20. The van der Waals surface area contributed by atoms with Crippen molar-refractivity contribution in [1.82, 2.24) is 10.6 Å². The van der Waals surface area contributed by atoms with Crippen LogP contribution >= 0.6 is 11.6 Å². The van der Waals surface area contributed by atoms with Gasteiger partial charge in [0.05, 0.1) is 6.26 Å². The van der Waals surface area contributed by atoms with Crippen LogP contribution in [0.5, 0.6) is 0 Å². The fraction of sp³-hybridized carbons (Fsp3) is 0.222. The molecule has 0 fully saturated rings. The molecule has 2 amide bonds. The average Bonchev–Trinajstić information content (AvgIpc) is 3.38. The van der Waals surface area contributed by atoms with Gasteiger partial charge in [0.25, 0.3) is 11.8 Å². The number of benzene rings is 2. The summed E-state index contributed by atoms with van der Waals surface area (Å²) < 4.78 is 10.6. The van der Waals surface area contributed by atoms with Gasteiger partial charge in [0.1, 0.15) is 18.3 Å². The first-order valence-electron chi connectivity index (χ1n) is 11.2. The maximum absolute atomic E-state index is 13.2. The Bertz CT molecular complexity index is 1160. The zero-order chi connectivity index (χ0) is 25.2. The van der Waals surface area contributed by atoms with Crippen LogP contribution in [0.15, 0.2) is 83.1 Å². The molecule has 0 saturated heterocycles. The molecular formula is C27H27ClN2O5. The lowest BCUT2D eigenvalue weighted by Crippen LogP contribution is -2.45. The second-order valence-electron chi connectivity index (χ2n) is 8.29. The number of ether oxygens (including phenoxy) is 1. The van der Waals surface area contributed by atoms with Crippen molar-refractivity contribution in [2.45, 2.75) is 32.9 Å². The van der Waals surface area contributed by atoms with E-state index >= 15 is 0 Å². The minimum atomic E-state index is -0.902. The molecule has 2 N–H and O–H groups in total. The van der Waals surface area contributed by atoms with Crippen LogP contribution < -0.4 is 10.6 Å². The molecular weight excluding hydrogens is 468 g/mol. The molecule has 1 atom stereocenters. The van der Waals surface area contributed by atoms with E-state index in [4.69, 9.17) is 20.8 Å². The number of rotatable bonds is 10. The van der Waals surface area contributed by atoms with Gasteiger partial charge in [-0.3, -0.25) is 9.59 Å². The van der Waals surface area contributed by atoms with Crippen molar-refractivity contribution in [2.75, 3.05) is 0 Å². The van der Waals surface area contributed by atoms with Crippen LogP contribution in [0.2, 0.25) is 5.02 Å². The van der Waals surface area contributed by atoms with Gasteiger partial charge in [-0.1, -0.05) is 67.9 Å². The van der Waals surface area contributed by atoms with Gasteiger partial charge < -0.3 is 19.8 Å². The normalized spacial score (nSPS) is 12.2. The van der Waals surface area contributed by atoms with Gasteiger partial charge in [0.2, 0.25) is 0 Å². The standard InChI is InChI=1S/C27H27ClN2O5/c1-18(2)15-23(27(33)35-17-20-7-4-3-5-8-20)30-25(31)22(16-19-10-12-21(28)13-11-19)29-26(32)24-9-6-14-34-24/h3-14,16,18,23H,15,17H2,1-2H3,(H,29,32)(H,30,31)/b22-16-. The third-order valence-corrected chi connectivity index (χ3v) is 5.19. The third-order valence-electron chi connectivity index (χ3n) is 4.94. The predicted octanol–water partition coefficient (Wildman–Crippen LogP) is 4.98. The Morgan fingerprint density at radius 2 is 1.71 bits per heavy atom. The summed E-state index contributed by atoms with van der Waals surface area (Å²) in [7, 11) is 0. The molecule has 3 aromatic rings. The van der Waals surface area contributed by atoms with Crippen molar-refractivity contribution in [1.29, 1.82) is 0 Å². The van der Waals surface area contributed by atoms with Crippen molar-refractivity contribution in [3.63, 3.8) is 0 Å². The molecule has 7 nitrogen and oxygen atoms in total. The Hall–Kier alpha value is -3.84. The quantitative estimate of drug-likeness (QED) is 0.306. The summed E-state index contributed by atoms with van der Waals surface area (Å²) in [4.78, 5) is 38.7. The monoisotopic (exact) mass is 494 g/mol. The van der Waals surface area contributed by atoms with Crippen molar-refractivity contribution in [2.24, 2.45) is 5.92 Å². The summed E-state index contributed by atoms with van der Waals surface area (Å²) in [5.74, 6) is -1.65. The number of carbonyl (C=O) groups is 3. The molecule has 0 bridgehead atoms. The van der Waals surface area contributed by atoms with E-state index in [-0.39, 0.29) is 24.0 Å². The smallest absolute Gasteiger partial charge is 0.328 e. The summed E-state index contributed by atoms with van der Waals surface area (Å²) >= 11 is 5.96. The van der Waals surface area contributed by atoms with E-state index in [0.29, 0.717) is 17.0 Å². The number of amides is 2. The molecule has 2 aromatic carbocycles. The van der Waals surface area contributed by atoms with Crippen LogP contribution in [0, 0.1) is 5.92 Å². The molecule has 0 aliphatic rings. The fourth-order valence-electron chi connectivity index (χ4n) is 3.23. The Morgan fingerprint density at radius 3 is 2.34 bits per heavy atom. The van der Waals surface area contributed by atoms with Gasteiger partial charge in [-0.05, 0) is 53.8 Å². The lowest BCUT2D eigenvalue weighted by molar-refractivity contribution is -0.149. The highest BCUT2D eigenvalue weighted by Gasteiger charge is 2.26. The van der Waals surface area contributed by atoms with Crippen LogP contribution in [0.3, 0.4) is 0 Å². The van der Waals surface area contributed by atoms with Crippen LogP contribution in [0.25, 0.3) is 6.08 Å². The molecule has 3 rings (SSSR count). The fourth-order valence-corrected chi connectivity index (χ4v) is 3.35. The number of esters is 1. The number of hydrogen-bond donors (Lipinski definition) is 2. The summed E-state index contributed by atoms with van der Waals surface area (Å²) in [6.45, 7) is 3.96. The number of halogens is 1. The highest BCUT2D eigenvalue weighted by molar-refractivity contribution is 6.30. The number of nitrogens with one attached hydrogen (secondary N) is 2. The van der Waals surface area contributed by atoms with Crippen LogP contribution in [-0.4, -0.2) is 23.8 Å². The molecule has 1 aromatic heterocycles. The van der Waals surface area contributed by atoms with E-state index in [9.17, 15) is 14.4 Å². The third kappa shape index (κ3) is 8.15. The molecule has 182 valence electrons.